The topological polar surface area (TPSA) is 24.9 Å². The summed E-state index contributed by atoms with van der Waals surface area (Å²) in [6.45, 7) is 2.31. The fourth-order valence-corrected chi connectivity index (χ4v) is 1.65. The molecule has 1 aromatic heterocycles. The molecule has 4 heteroatoms. The van der Waals surface area contributed by atoms with E-state index in [2.05, 4.69) is 10.3 Å². The molecule has 1 atom stereocenters. The lowest BCUT2D eigenvalue weighted by molar-refractivity contribution is 0.532. The highest BCUT2D eigenvalue weighted by Gasteiger charge is 2.07. The van der Waals surface area contributed by atoms with Crippen molar-refractivity contribution in [2.45, 2.75) is 19.5 Å². The maximum atomic E-state index is 13.4. The quantitative estimate of drug-likeness (QED) is 0.898. The average Bonchev–Trinajstić information content (AvgIpc) is 2.38. The van der Waals surface area contributed by atoms with Crippen LogP contribution in [-0.4, -0.2) is 4.98 Å². The molecule has 0 saturated heterocycles. The van der Waals surface area contributed by atoms with Crippen molar-refractivity contribution in [3.05, 3.63) is 65.5 Å². The number of benzene rings is 1. The largest absolute Gasteiger partial charge is 0.305 e. The van der Waals surface area contributed by atoms with Gasteiger partial charge in [0.2, 0.25) is 0 Å². The number of nitrogens with zero attached hydrogens (tertiary/aromatic N) is 1. The molecule has 0 fully saturated rings. The number of hydrogen-bond acceptors (Lipinski definition) is 2. The molecule has 1 heterocycles. The van der Waals surface area contributed by atoms with Gasteiger partial charge in [-0.15, -0.1) is 0 Å². The number of pyridine rings is 1. The highest BCUT2D eigenvalue weighted by molar-refractivity contribution is 5.17. The van der Waals surface area contributed by atoms with Gasteiger partial charge >= 0.3 is 0 Å². The zero-order valence-electron chi connectivity index (χ0n) is 10.0. The highest BCUT2D eigenvalue weighted by atomic mass is 19.1. The molecule has 0 saturated carbocycles. The summed E-state index contributed by atoms with van der Waals surface area (Å²) in [5.41, 5.74) is 1.33. The van der Waals surface area contributed by atoms with Crippen LogP contribution in [0, 0.1) is 11.6 Å². The van der Waals surface area contributed by atoms with Crippen LogP contribution >= 0.6 is 0 Å². The molecule has 1 N–H and O–H groups in total. The van der Waals surface area contributed by atoms with Gasteiger partial charge in [-0.3, -0.25) is 4.98 Å². The van der Waals surface area contributed by atoms with Crippen molar-refractivity contribution in [1.82, 2.24) is 10.3 Å². The minimum atomic E-state index is -0.361. The fraction of sp³-hybridized carbons (Fsp3) is 0.214. The first kappa shape index (κ1) is 12.6. The van der Waals surface area contributed by atoms with Crippen molar-refractivity contribution in [1.29, 1.82) is 0 Å². The van der Waals surface area contributed by atoms with Gasteiger partial charge in [-0.25, -0.2) is 8.78 Å². The SMILES string of the molecule is CC(NCc1ccccc1F)c1ccc(F)cn1. The van der Waals surface area contributed by atoms with Gasteiger partial charge in [-0.05, 0) is 25.1 Å². The Morgan fingerprint density at radius 1 is 1.17 bits per heavy atom. The lowest BCUT2D eigenvalue weighted by atomic mass is 10.1. The summed E-state index contributed by atoms with van der Waals surface area (Å²) in [5.74, 6) is -0.593. The van der Waals surface area contributed by atoms with E-state index in [1.165, 1.54) is 18.3 Å². The van der Waals surface area contributed by atoms with Crippen LogP contribution in [0.2, 0.25) is 0 Å². The van der Waals surface area contributed by atoms with Crippen LogP contribution in [0.4, 0.5) is 8.78 Å². The molecule has 94 valence electrons. The van der Waals surface area contributed by atoms with Crippen LogP contribution in [-0.2, 0) is 6.54 Å². The third kappa shape index (κ3) is 3.11. The zero-order chi connectivity index (χ0) is 13.0. The summed E-state index contributed by atoms with van der Waals surface area (Å²) < 4.78 is 26.1. The first-order valence-electron chi connectivity index (χ1n) is 5.75. The summed E-state index contributed by atoms with van der Waals surface area (Å²) in [6, 6.07) is 9.53. The molecule has 18 heavy (non-hydrogen) atoms. The van der Waals surface area contributed by atoms with Crippen molar-refractivity contribution in [3.63, 3.8) is 0 Å². The third-order valence-electron chi connectivity index (χ3n) is 2.75. The number of aromatic nitrogens is 1. The van der Waals surface area contributed by atoms with E-state index >= 15 is 0 Å². The molecule has 1 aromatic carbocycles. The zero-order valence-corrected chi connectivity index (χ0v) is 10.0. The Morgan fingerprint density at radius 2 is 1.94 bits per heavy atom. The van der Waals surface area contributed by atoms with Crippen molar-refractivity contribution in [2.75, 3.05) is 0 Å². The van der Waals surface area contributed by atoms with Crippen LogP contribution in [0.15, 0.2) is 42.6 Å². The van der Waals surface area contributed by atoms with Gasteiger partial charge < -0.3 is 5.32 Å². The highest BCUT2D eigenvalue weighted by Crippen LogP contribution is 2.12. The predicted octanol–water partition coefficient (Wildman–Crippen LogP) is 3.21. The van der Waals surface area contributed by atoms with Crippen molar-refractivity contribution >= 4 is 0 Å². The molecule has 0 spiro atoms. The summed E-state index contributed by atoms with van der Waals surface area (Å²) in [5, 5.41) is 3.15. The first-order valence-corrected chi connectivity index (χ1v) is 5.75. The normalized spacial score (nSPS) is 12.4. The second-order valence-electron chi connectivity index (χ2n) is 4.10. The van der Waals surface area contributed by atoms with Gasteiger partial charge in [-0.2, -0.15) is 0 Å². The van der Waals surface area contributed by atoms with E-state index < -0.39 is 0 Å². The number of hydrogen-bond donors (Lipinski definition) is 1. The van der Waals surface area contributed by atoms with E-state index in [1.807, 2.05) is 6.92 Å². The first-order chi connectivity index (χ1) is 8.66. The minimum absolute atomic E-state index is 0.0646. The summed E-state index contributed by atoms with van der Waals surface area (Å²) >= 11 is 0. The summed E-state index contributed by atoms with van der Waals surface area (Å²) in [7, 11) is 0. The maximum Gasteiger partial charge on any atom is 0.141 e. The maximum absolute atomic E-state index is 13.4. The Morgan fingerprint density at radius 3 is 2.61 bits per heavy atom. The van der Waals surface area contributed by atoms with Gasteiger partial charge in [0.15, 0.2) is 0 Å². The minimum Gasteiger partial charge on any atom is -0.305 e. The molecule has 2 rings (SSSR count). The summed E-state index contributed by atoms with van der Waals surface area (Å²) in [6.07, 6.45) is 1.18. The average molecular weight is 248 g/mol. The van der Waals surface area contributed by atoms with E-state index in [0.717, 1.165) is 5.69 Å². The van der Waals surface area contributed by atoms with Gasteiger partial charge in [0, 0.05) is 18.2 Å². The molecule has 2 aromatic rings. The van der Waals surface area contributed by atoms with Crippen molar-refractivity contribution < 1.29 is 8.78 Å². The van der Waals surface area contributed by atoms with Crippen molar-refractivity contribution in [2.24, 2.45) is 0 Å². The van der Waals surface area contributed by atoms with Gasteiger partial charge in [0.1, 0.15) is 11.6 Å². The molecule has 0 amide bonds. The van der Waals surface area contributed by atoms with Gasteiger partial charge in [0.05, 0.1) is 11.9 Å². The van der Waals surface area contributed by atoms with E-state index in [-0.39, 0.29) is 17.7 Å². The molecule has 2 nitrogen and oxygen atoms in total. The van der Waals surface area contributed by atoms with Crippen LogP contribution in [0.5, 0.6) is 0 Å². The van der Waals surface area contributed by atoms with E-state index in [9.17, 15) is 8.78 Å². The van der Waals surface area contributed by atoms with Gasteiger partial charge in [-0.1, -0.05) is 18.2 Å². The van der Waals surface area contributed by atoms with Crippen molar-refractivity contribution in [3.8, 4) is 0 Å². The molecule has 0 aliphatic heterocycles. The van der Waals surface area contributed by atoms with Crippen LogP contribution in [0.1, 0.15) is 24.2 Å². The number of rotatable bonds is 4. The van der Waals surface area contributed by atoms with Crippen LogP contribution in [0.3, 0.4) is 0 Å². The summed E-state index contributed by atoms with van der Waals surface area (Å²) in [4.78, 5) is 3.98. The Kier molecular flexibility index (Phi) is 3.99. The lowest BCUT2D eigenvalue weighted by Gasteiger charge is -2.13. The Labute approximate surface area is 105 Å². The second-order valence-corrected chi connectivity index (χ2v) is 4.10. The Hall–Kier alpha value is -1.81. The smallest absolute Gasteiger partial charge is 0.141 e. The Balaban J connectivity index is 1.98. The van der Waals surface area contributed by atoms with Crippen LogP contribution < -0.4 is 5.32 Å². The second kappa shape index (κ2) is 5.69. The fourth-order valence-electron chi connectivity index (χ4n) is 1.65. The predicted molar refractivity (Wildman–Crippen MR) is 65.8 cm³/mol. The van der Waals surface area contributed by atoms with E-state index in [0.29, 0.717) is 12.1 Å². The lowest BCUT2D eigenvalue weighted by Crippen LogP contribution is -2.19. The molecule has 0 aliphatic rings. The molecule has 1 unspecified atom stereocenters. The third-order valence-corrected chi connectivity index (χ3v) is 2.75. The van der Waals surface area contributed by atoms with E-state index in [4.69, 9.17) is 0 Å². The molecular weight excluding hydrogens is 234 g/mol. The monoisotopic (exact) mass is 248 g/mol. The molecule has 0 bridgehead atoms. The number of halogens is 2. The molecule has 0 aliphatic carbocycles. The van der Waals surface area contributed by atoms with Gasteiger partial charge in [0.25, 0.3) is 0 Å². The molecular formula is C14H14F2N2. The van der Waals surface area contributed by atoms with Crippen LogP contribution in [0.25, 0.3) is 0 Å². The molecule has 0 radical (unpaired) electrons. The standard InChI is InChI=1S/C14H14F2N2/c1-10(14-7-6-12(15)9-18-14)17-8-11-4-2-3-5-13(11)16/h2-7,9-10,17H,8H2,1H3. The Bertz CT molecular complexity index is 511. The number of nitrogens with one attached hydrogen (secondary N) is 1. The van der Waals surface area contributed by atoms with E-state index in [1.54, 1.807) is 24.3 Å².